The van der Waals surface area contributed by atoms with E-state index in [-0.39, 0.29) is 5.56 Å². The summed E-state index contributed by atoms with van der Waals surface area (Å²) >= 11 is 0. The molecule has 0 heterocycles. The third-order valence-electron chi connectivity index (χ3n) is 8.04. The molecule has 2 aromatic rings. The first-order valence-electron chi connectivity index (χ1n) is 12.8. The highest BCUT2D eigenvalue weighted by Gasteiger charge is 2.32. The lowest BCUT2D eigenvalue weighted by Gasteiger charge is -2.38. The lowest BCUT2D eigenvalue weighted by molar-refractivity contribution is -0.137. The molecular weight excluding hydrogens is 437 g/mol. The molecule has 2 saturated carbocycles. The minimum absolute atomic E-state index is 0.0964. The number of alkyl halides is 3. The summed E-state index contributed by atoms with van der Waals surface area (Å²) in [6, 6.07) is 11.7. The molecule has 4 rings (SSSR count). The Balaban J connectivity index is 1.26. The average Bonchev–Trinajstić information content (AvgIpc) is 2.85. The van der Waals surface area contributed by atoms with Crippen LogP contribution in [0, 0.1) is 17.8 Å². The first-order valence-corrected chi connectivity index (χ1v) is 12.8. The summed E-state index contributed by atoms with van der Waals surface area (Å²) in [7, 11) is 0. The zero-order valence-electron chi connectivity index (χ0n) is 19.9. The van der Waals surface area contributed by atoms with Gasteiger partial charge in [-0.05, 0) is 104 Å². The number of hydrogen-bond donors (Lipinski definition) is 0. The predicted octanol–water partition coefficient (Wildman–Crippen LogP) is 8.80. The highest BCUT2D eigenvalue weighted by molar-refractivity contribution is 5.91. The summed E-state index contributed by atoms with van der Waals surface area (Å²) in [6.45, 7) is 2.29. The van der Waals surface area contributed by atoms with Crippen molar-refractivity contribution >= 4 is 5.97 Å². The molecular formula is C29H35F3O2. The Hall–Kier alpha value is -2.30. The van der Waals surface area contributed by atoms with Crippen molar-refractivity contribution in [3.63, 3.8) is 0 Å². The Morgan fingerprint density at radius 2 is 1.38 bits per heavy atom. The summed E-state index contributed by atoms with van der Waals surface area (Å²) in [6.07, 6.45) is 8.99. The van der Waals surface area contributed by atoms with E-state index in [9.17, 15) is 18.0 Å². The number of halogens is 3. The quantitative estimate of drug-likeness (QED) is 0.310. The van der Waals surface area contributed by atoms with E-state index in [1.807, 2.05) is 12.1 Å². The van der Waals surface area contributed by atoms with Gasteiger partial charge in [0.15, 0.2) is 0 Å². The van der Waals surface area contributed by atoms with Crippen LogP contribution in [-0.4, -0.2) is 5.97 Å². The number of esters is 1. The van der Waals surface area contributed by atoms with Gasteiger partial charge in [0.25, 0.3) is 0 Å². The molecule has 0 aliphatic heterocycles. The van der Waals surface area contributed by atoms with Crippen molar-refractivity contribution in [1.82, 2.24) is 0 Å². The molecule has 5 heteroatoms. The van der Waals surface area contributed by atoms with Crippen molar-refractivity contribution in [2.75, 3.05) is 0 Å². The molecule has 2 aliphatic carbocycles. The summed E-state index contributed by atoms with van der Waals surface area (Å²) in [5, 5.41) is 0. The summed E-state index contributed by atoms with van der Waals surface area (Å²) in [4.78, 5) is 12.3. The van der Waals surface area contributed by atoms with E-state index in [0.29, 0.717) is 11.7 Å². The van der Waals surface area contributed by atoms with Gasteiger partial charge in [0.2, 0.25) is 0 Å². The van der Waals surface area contributed by atoms with Crippen LogP contribution in [0.15, 0.2) is 48.5 Å². The van der Waals surface area contributed by atoms with Gasteiger partial charge in [-0.15, -0.1) is 0 Å². The first kappa shape index (κ1) is 24.8. The summed E-state index contributed by atoms with van der Waals surface area (Å²) in [5.74, 6) is 3.06. The Morgan fingerprint density at radius 3 is 1.91 bits per heavy atom. The van der Waals surface area contributed by atoms with Crippen LogP contribution >= 0.6 is 0 Å². The number of hydrogen-bond acceptors (Lipinski definition) is 2. The predicted molar refractivity (Wildman–Crippen MR) is 128 cm³/mol. The van der Waals surface area contributed by atoms with Crippen molar-refractivity contribution in [2.24, 2.45) is 17.8 Å². The number of ether oxygens (including phenoxy) is 1. The van der Waals surface area contributed by atoms with E-state index in [4.69, 9.17) is 4.74 Å². The lowest BCUT2D eigenvalue weighted by Crippen LogP contribution is -2.25. The molecule has 0 atom stereocenters. The minimum atomic E-state index is -4.43. The van der Waals surface area contributed by atoms with Crippen LogP contribution in [0.4, 0.5) is 13.2 Å². The fourth-order valence-electron chi connectivity index (χ4n) is 6.05. The van der Waals surface area contributed by atoms with Crippen LogP contribution in [-0.2, 0) is 6.18 Å². The van der Waals surface area contributed by atoms with E-state index in [2.05, 4.69) is 6.92 Å². The van der Waals surface area contributed by atoms with Gasteiger partial charge in [0.1, 0.15) is 5.75 Å². The van der Waals surface area contributed by atoms with Gasteiger partial charge in [0, 0.05) is 0 Å². The van der Waals surface area contributed by atoms with E-state index in [0.717, 1.165) is 42.0 Å². The van der Waals surface area contributed by atoms with Crippen molar-refractivity contribution in [3.05, 3.63) is 65.2 Å². The zero-order valence-corrected chi connectivity index (χ0v) is 19.9. The summed E-state index contributed by atoms with van der Waals surface area (Å²) in [5.41, 5.74) is 0.589. The maximum Gasteiger partial charge on any atom is 0.416 e. The van der Waals surface area contributed by atoms with Gasteiger partial charge in [-0.2, -0.15) is 13.2 Å². The molecule has 0 spiro atoms. The molecule has 34 heavy (non-hydrogen) atoms. The van der Waals surface area contributed by atoms with Gasteiger partial charge < -0.3 is 4.74 Å². The molecule has 0 radical (unpaired) electrons. The Morgan fingerprint density at radius 1 is 0.824 bits per heavy atom. The van der Waals surface area contributed by atoms with Crippen molar-refractivity contribution < 1.29 is 22.7 Å². The highest BCUT2D eigenvalue weighted by atomic mass is 19.4. The first-order chi connectivity index (χ1) is 16.3. The number of rotatable bonds is 6. The van der Waals surface area contributed by atoms with Crippen LogP contribution < -0.4 is 4.74 Å². The van der Waals surface area contributed by atoms with Gasteiger partial charge >= 0.3 is 12.1 Å². The molecule has 2 fully saturated rings. The van der Waals surface area contributed by atoms with E-state index < -0.39 is 17.7 Å². The third kappa shape index (κ3) is 6.22. The Labute approximate surface area is 200 Å². The molecule has 0 unspecified atom stereocenters. The van der Waals surface area contributed by atoms with Gasteiger partial charge in [0.05, 0.1) is 11.1 Å². The largest absolute Gasteiger partial charge is 0.423 e. The number of benzene rings is 2. The van der Waals surface area contributed by atoms with Crippen molar-refractivity contribution in [1.29, 1.82) is 0 Å². The van der Waals surface area contributed by atoms with Crippen molar-refractivity contribution in [3.8, 4) is 5.75 Å². The van der Waals surface area contributed by atoms with Crippen LogP contribution in [0.5, 0.6) is 5.75 Å². The van der Waals surface area contributed by atoms with E-state index >= 15 is 0 Å². The third-order valence-corrected chi connectivity index (χ3v) is 8.04. The second kappa shape index (κ2) is 11.0. The molecule has 0 bridgehead atoms. The van der Waals surface area contributed by atoms with Crippen LogP contribution in [0.1, 0.15) is 98.5 Å². The molecule has 2 aliphatic rings. The second-order valence-electron chi connectivity index (χ2n) is 10.2. The lowest BCUT2D eigenvalue weighted by atomic mass is 9.68. The van der Waals surface area contributed by atoms with Crippen LogP contribution in [0.25, 0.3) is 0 Å². The molecule has 0 N–H and O–H groups in total. The Bertz CT molecular complexity index is 917. The molecule has 0 saturated heterocycles. The SMILES string of the molecule is CCC[C@H]1CC[C@H](C2CCC(c3ccc(OC(=O)c4ccc(C(F)(F)F)cc4)cc3)CC2)CC1. The molecule has 2 nitrogen and oxygen atoms in total. The minimum Gasteiger partial charge on any atom is -0.423 e. The maximum atomic E-state index is 12.7. The smallest absolute Gasteiger partial charge is 0.416 e. The topological polar surface area (TPSA) is 26.3 Å². The van der Waals surface area contributed by atoms with E-state index in [1.165, 1.54) is 69.8 Å². The monoisotopic (exact) mass is 472 g/mol. The number of carbonyl (C=O) groups excluding carboxylic acids is 1. The van der Waals surface area contributed by atoms with E-state index in [1.54, 1.807) is 12.1 Å². The fraction of sp³-hybridized carbons (Fsp3) is 0.552. The highest BCUT2D eigenvalue weighted by Crippen LogP contribution is 2.44. The number of carbonyl (C=O) groups is 1. The molecule has 0 aromatic heterocycles. The molecule has 2 aromatic carbocycles. The van der Waals surface area contributed by atoms with Gasteiger partial charge in [-0.3, -0.25) is 0 Å². The molecule has 184 valence electrons. The van der Waals surface area contributed by atoms with Crippen molar-refractivity contribution in [2.45, 2.75) is 83.2 Å². The standard InChI is InChI=1S/C29H35F3O2/c1-2-3-20-4-6-21(7-5-20)22-8-10-23(11-9-22)24-14-18-27(19-15-24)34-28(33)25-12-16-26(17-13-25)29(30,31)32/h12-23H,2-11H2,1H3/t20-,21-,22?,23?. The fourth-order valence-corrected chi connectivity index (χ4v) is 6.05. The molecule has 0 amide bonds. The average molecular weight is 473 g/mol. The zero-order chi connectivity index (χ0) is 24.1. The van der Waals surface area contributed by atoms with Gasteiger partial charge in [-0.1, -0.05) is 44.7 Å². The Kier molecular flexibility index (Phi) is 8.00. The second-order valence-corrected chi connectivity index (χ2v) is 10.2. The van der Waals surface area contributed by atoms with Crippen LogP contribution in [0.3, 0.4) is 0 Å². The maximum absolute atomic E-state index is 12.7. The van der Waals surface area contributed by atoms with Gasteiger partial charge in [-0.25, -0.2) is 4.79 Å². The normalized spacial score (nSPS) is 25.6. The van der Waals surface area contributed by atoms with Crippen LogP contribution in [0.2, 0.25) is 0 Å². The summed E-state index contributed by atoms with van der Waals surface area (Å²) < 4.78 is 43.5.